The quantitative estimate of drug-likeness (QED) is 0.843. The molecule has 0 aromatic heterocycles. The lowest BCUT2D eigenvalue weighted by Crippen LogP contribution is -2.07. The molecule has 0 amide bonds. The minimum atomic E-state index is 0.229. The van der Waals surface area contributed by atoms with E-state index in [9.17, 15) is 0 Å². The molecule has 0 saturated heterocycles. The van der Waals surface area contributed by atoms with Gasteiger partial charge in [0.15, 0.2) is 0 Å². The molecule has 1 N–H and O–H groups in total. The van der Waals surface area contributed by atoms with Crippen LogP contribution in [0.3, 0.4) is 0 Å². The highest BCUT2D eigenvalue weighted by molar-refractivity contribution is 5.55. The molecule has 1 unspecified atom stereocenters. The maximum atomic E-state index is 5.47. The molecule has 0 radical (unpaired) electrons. The first kappa shape index (κ1) is 15.2. The Kier molecular flexibility index (Phi) is 5.09. The van der Waals surface area contributed by atoms with Crippen LogP contribution in [0, 0.1) is 6.92 Å². The Balaban J connectivity index is 2.08. The number of nitrogens with one attached hydrogen (secondary N) is 1. The van der Waals surface area contributed by atoms with Gasteiger partial charge in [0.1, 0.15) is 11.5 Å². The number of anilines is 1. The molecule has 0 aliphatic rings. The third kappa shape index (κ3) is 3.91. The summed E-state index contributed by atoms with van der Waals surface area (Å²) in [6.07, 6.45) is 0. The fourth-order valence-electron chi connectivity index (χ4n) is 2.26. The first-order valence-corrected chi connectivity index (χ1v) is 7.28. The van der Waals surface area contributed by atoms with Crippen LogP contribution in [0.1, 0.15) is 31.0 Å². The Bertz CT molecular complexity index is 578. The predicted molar refractivity (Wildman–Crippen MR) is 87.4 cm³/mol. The van der Waals surface area contributed by atoms with Crippen molar-refractivity contribution in [2.75, 3.05) is 19.0 Å². The fraction of sp³-hybridized carbons (Fsp3) is 0.333. The van der Waals surface area contributed by atoms with Crippen LogP contribution in [0.15, 0.2) is 42.5 Å². The summed E-state index contributed by atoms with van der Waals surface area (Å²) in [5.74, 6) is 1.79. The largest absolute Gasteiger partial charge is 0.497 e. The van der Waals surface area contributed by atoms with E-state index in [-0.39, 0.29) is 6.04 Å². The summed E-state index contributed by atoms with van der Waals surface area (Å²) in [6.45, 7) is 6.91. The summed E-state index contributed by atoms with van der Waals surface area (Å²) in [5, 5.41) is 3.53. The molecule has 2 aromatic rings. The van der Waals surface area contributed by atoms with Gasteiger partial charge in [0.25, 0.3) is 0 Å². The molecular weight excluding hydrogens is 262 g/mol. The normalized spacial score (nSPS) is 11.8. The lowest BCUT2D eigenvalue weighted by atomic mass is 10.1. The lowest BCUT2D eigenvalue weighted by molar-refractivity contribution is 0.340. The Morgan fingerprint density at radius 2 is 1.71 bits per heavy atom. The monoisotopic (exact) mass is 285 g/mol. The van der Waals surface area contributed by atoms with Crippen molar-refractivity contribution in [3.63, 3.8) is 0 Å². The van der Waals surface area contributed by atoms with Crippen LogP contribution >= 0.6 is 0 Å². The topological polar surface area (TPSA) is 30.5 Å². The molecule has 0 aliphatic heterocycles. The van der Waals surface area contributed by atoms with Gasteiger partial charge in [0.05, 0.1) is 13.7 Å². The Morgan fingerprint density at radius 1 is 1.05 bits per heavy atom. The van der Waals surface area contributed by atoms with E-state index in [4.69, 9.17) is 9.47 Å². The molecule has 21 heavy (non-hydrogen) atoms. The average molecular weight is 285 g/mol. The zero-order valence-corrected chi connectivity index (χ0v) is 13.1. The van der Waals surface area contributed by atoms with E-state index in [0.717, 1.165) is 17.2 Å². The minimum absolute atomic E-state index is 0.229. The molecule has 0 heterocycles. The van der Waals surface area contributed by atoms with Gasteiger partial charge < -0.3 is 14.8 Å². The smallest absolute Gasteiger partial charge is 0.119 e. The number of methoxy groups -OCH3 is 1. The van der Waals surface area contributed by atoms with Gasteiger partial charge in [-0.15, -0.1) is 0 Å². The molecule has 2 aromatic carbocycles. The molecule has 3 heteroatoms. The molecule has 3 nitrogen and oxygen atoms in total. The summed E-state index contributed by atoms with van der Waals surface area (Å²) >= 11 is 0. The van der Waals surface area contributed by atoms with E-state index in [1.165, 1.54) is 11.1 Å². The highest BCUT2D eigenvalue weighted by atomic mass is 16.5. The zero-order chi connectivity index (χ0) is 15.2. The molecular formula is C18H23NO2. The first-order chi connectivity index (χ1) is 10.1. The molecule has 0 fully saturated rings. The van der Waals surface area contributed by atoms with Crippen LogP contribution in [0.2, 0.25) is 0 Å². The molecule has 0 aliphatic carbocycles. The van der Waals surface area contributed by atoms with Gasteiger partial charge in [0.2, 0.25) is 0 Å². The summed E-state index contributed by atoms with van der Waals surface area (Å²) in [7, 11) is 1.68. The number of ether oxygens (including phenoxy) is 2. The van der Waals surface area contributed by atoms with E-state index >= 15 is 0 Å². The van der Waals surface area contributed by atoms with Crippen LogP contribution < -0.4 is 14.8 Å². The van der Waals surface area contributed by atoms with E-state index < -0.39 is 0 Å². The third-order valence-corrected chi connectivity index (χ3v) is 3.50. The van der Waals surface area contributed by atoms with Gasteiger partial charge in [-0.25, -0.2) is 0 Å². The molecule has 0 spiro atoms. The minimum Gasteiger partial charge on any atom is -0.497 e. The number of benzene rings is 2. The van der Waals surface area contributed by atoms with Gasteiger partial charge in [-0.05, 0) is 62.2 Å². The van der Waals surface area contributed by atoms with Gasteiger partial charge in [-0.1, -0.05) is 12.1 Å². The van der Waals surface area contributed by atoms with Gasteiger partial charge >= 0.3 is 0 Å². The standard InChI is InChI=1S/C18H23NO2/c1-5-21-16-8-6-15(7-9-16)14(3)19-18-11-10-17(20-4)12-13(18)2/h6-12,14,19H,5H2,1-4H3. The van der Waals surface area contributed by atoms with Crippen molar-refractivity contribution >= 4 is 5.69 Å². The number of rotatable bonds is 6. The van der Waals surface area contributed by atoms with E-state index in [2.05, 4.69) is 37.4 Å². The van der Waals surface area contributed by atoms with Gasteiger partial charge in [-0.2, -0.15) is 0 Å². The second-order valence-electron chi connectivity index (χ2n) is 5.05. The Hall–Kier alpha value is -2.16. The third-order valence-electron chi connectivity index (χ3n) is 3.50. The lowest BCUT2D eigenvalue weighted by Gasteiger charge is -2.18. The van der Waals surface area contributed by atoms with Crippen molar-refractivity contribution in [3.8, 4) is 11.5 Å². The van der Waals surface area contributed by atoms with Crippen molar-refractivity contribution in [2.24, 2.45) is 0 Å². The SMILES string of the molecule is CCOc1ccc(C(C)Nc2ccc(OC)cc2C)cc1. The molecule has 0 bridgehead atoms. The van der Waals surface area contributed by atoms with Crippen molar-refractivity contribution in [1.29, 1.82) is 0 Å². The number of hydrogen-bond donors (Lipinski definition) is 1. The highest BCUT2D eigenvalue weighted by Crippen LogP contribution is 2.26. The van der Waals surface area contributed by atoms with Crippen molar-refractivity contribution < 1.29 is 9.47 Å². The summed E-state index contributed by atoms with van der Waals surface area (Å²) in [4.78, 5) is 0. The Labute approximate surface area is 126 Å². The maximum Gasteiger partial charge on any atom is 0.119 e. The van der Waals surface area contributed by atoms with E-state index in [0.29, 0.717) is 6.61 Å². The summed E-state index contributed by atoms with van der Waals surface area (Å²) < 4.78 is 10.7. The van der Waals surface area contributed by atoms with Crippen LogP contribution in [0.5, 0.6) is 11.5 Å². The summed E-state index contributed by atoms with van der Waals surface area (Å²) in [5.41, 5.74) is 3.53. The average Bonchev–Trinajstić information content (AvgIpc) is 2.50. The van der Waals surface area contributed by atoms with Crippen molar-refractivity contribution in [2.45, 2.75) is 26.8 Å². The Morgan fingerprint density at radius 3 is 2.29 bits per heavy atom. The number of aryl methyl sites for hydroxylation is 1. The van der Waals surface area contributed by atoms with Crippen molar-refractivity contribution in [1.82, 2.24) is 0 Å². The first-order valence-electron chi connectivity index (χ1n) is 7.28. The van der Waals surface area contributed by atoms with E-state index in [1.807, 2.05) is 31.2 Å². The zero-order valence-electron chi connectivity index (χ0n) is 13.1. The predicted octanol–water partition coefficient (Wildman–Crippen LogP) is 4.58. The van der Waals surface area contributed by atoms with Crippen LogP contribution in [-0.4, -0.2) is 13.7 Å². The van der Waals surface area contributed by atoms with Gasteiger partial charge in [-0.3, -0.25) is 0 Å². The molecule has 112 valence electrons. The summed E-state index contributed by atoms with van der Waals surface area (Å²) in [6, 6.07) is 14.5. The molecule has 2 rings (SSSR count). The van der Waals surface area contributed by atoms with E-state index in [1.54, 1.807) is 7.11 Å². The second-order valence-corrected chi connectivity index (χ2v) is 5.05. The van der Waals surface area contributed by atoms with Crippen LogP contribution in [0.4, 0.5) is 5.69 Å². The molecule has 0 saturated carbocycles. The highest BCUT2D eigenvalue weighted by Gasteiger charge is 2.08. The second kappa shape index (κ2) is 7.02. The maximum absolute atomic E-state index is 5.47. The van der Waals surface area contributed by atoms with Crippen LogP contribution in [0.25, 0.3) is 0 Å². The fourth-order valence-corrected chi connectivity index (χ4v) is 2.26. The molecule has 1 atom stereocenters. The van der Waals surface area contributed by atoms with Crippen molar-refractivity contribution in [3.05, 3.63) is 53.6 Å². The van der Waals surface area contributed by atoms with Gasteiger partial charge in [0, 0.05) is 11.7 Å². The van der Waals surface area contributed by atoms with Crippen LogP contribution in [-0.2, 0) is 0 Å². The number of hydrogen-bond acceptors (Lipinski definition) is 3.